The number of hydrogen-bond acceptors (Lipinski definition) is 2. The monoisotopic (exact) mass is 226 g/mol. The minimum atomic E-state index is -0.921. The van der Waals surface area contributed by atoms with Crippen molar-refractivity contribution in [1.82, 2.24) is 0 Å². The molecular weight excluding hydrogens is 204 g/mol. The normalized spacial score (nSPS) is 30.4. The number of aliphatic hydroxyl groups is 1. The first-order chi connectivity index (χ1) is 7.31. The molecule has 2 saturated carbocycles. The van der Waals surface area contributed by atoms with Crippen LogP contribution in [0.25, 0.3) is 0 Å². The van der Waals surface area contributed by atoms with Gasteiger partial charge in [-0.3, -0.25) is 4.79 Å². The second-order valence-electron chi connectivity index (χ2n) is 6.44. The van der Waals surface area contributed by atoms with E-state index in [0.29, 0.717) is 25.7 Å². The molecule has 0 spiro atoms. The molecule has 3 heteroatoms. The molecular formula is C13H22O3. The second kappa shape index (κ2) is 3.46. The van der Waals surface area contributed by atoms with Crippen LogP contribution in [0.5, 0.6) is 0 Å². The fourth-order valence-corrected chi connectivity index (χ4v) is 3.22. The predicted molar refractivity (Wildman–Crippen MR) is 61.1 cm³/mol. The zero-order chi connectivity index (χ0) is 12.0. The van der Waals surface area contributed by atoms with Crippen LogP contribution in [0, 0.1) is 10.8 Å². The van der Waals surface area contributed by atoms with Gasteiger partial charge in [-0.1, -0.05) is 13.8 Å². The highest BCUT2D eigenvalue weighted by Crippen LogP contribution is 2.56. The van der Waals surface area contributed by atoms with Gasteiger partial charge in [0.25, 0.3) is 0 Å². The van der Waals surface area contributed by atoms with Gasteiger partial charge < -0.3 is 10.2 Å². The topological polar surface area (TPSA) is 57.5 Å². The van der Waals surface area contributed by atoms with Crippen molar-refractivity contribution in [2.75, 3.05) is 0 Å². The van der Waals surface area contributed by atoms with Crippen LogP contribution in [-0.4, -0.2) is 21.8 Å². The highest BCUT2D eigenvalue weighted by atomic mass is 16.4. The number of rotatable bonds is 2. The van der Waals surface area contributed by atoms with E-state index in [2.05, 4.69) is 13.8 Å². The SMILES string of the molecule is CC1(C)CCC(C(=O)O)(C2(O)CCC2)CC1. The van der Waals surface area contributed by atoms with Gasteiger partial charge in [0.2, 0.25) is 0 Å². The molecule has 0 aromatic carbocycles. The molecule has 0 unspecified atom stereocenters. The van der Waals surface area contributed by atoms with Crippen molar-refractivity contribution in [2.24, 2.45) is 10.8 Å². The van der Waals surface area contributed by atoms with E-state index in [-0.39, 0.29) is 5.41 Å². The van der Waals surface area contributed by atoms with Crippen molar-refractivity contribution in [2.45, 2.75) is 64.4 Å². The minimum Gasteiger partial charge on any atom is -0.481 e. The Morgan fingerprint density at radius 1 is 1.00 bits per heavy atom. The average molecular weight is 226 g/mol. The van der Waals surface area contributed by atoms with Gasteiger partial charge in [-0.15, -0.1) is 0 Å². The van der Waals surface area contributed by atoms with Gasteiger partial charge in [-0.2, -0.15) is 0 Å². The molecule has 2 fully saturated rings. The van der Waals surface area contributed by atoms with Gasteiger partial charge in [0.15, 0.2) is 0 Å². The van der Waals surface area contributed by atoms with Crippen molar-refractivity contribution in [3.8, 4) is 0 Å². The molecule has 92 valence electrons. The first-order valence-electron chi connectivity index (χ1n) is 6.27. The highest BCUT2D eigenvalue weighted by Gasteiger charge is 2.60. The van der Waals surface area contributed by atoms with E-state index < -0.39 is 17.0 Å². The third kappa shape index (κ3) is 1.56. The van der Waals surface area contributed by atoms with Crippen LogP contribution in [0.1, 0.15) is 58.8 Å². The quantitative estimate of drug-likeness (QED) is 0.760. The minimum absolute atomic E-state index is 0.235. The third-order valence-corrected chi connectivity index (χ3v) is 4.94. The summed E-state index contributed by atoms with van der Waals surface area (Å²) in [6.45, 7) is 4.37. The van der Waals surface area contributed by atoms with E-state index in [4.69, 9.17) is 0 Å². The molecule has 0 radical (unpaired) electrons. The number of aliphatic carboxylic acids is 1. The van der Waals surface area contributed by atoms with Crippen molar-refractivity contribution in [3.63, 3.8) is 0 Å². The number of carboxylic acid groups (broad SMARTS) is 1. The van der Waals surface area contributed by atoms with Crippen LogP contribution in [0.2, 0.25) is 0 Å². The van der Waals surface area contributed by atoms with Gasteiger partial charge in [-0.25, -0.2) is 0 Å². The fraction of sp³-hybridized carbons (Fsp3) is 0.923. The van der Waals surface area contributed by atoms with E-state index in [1.54, 1.807) is 0 Å². The van der Waals surface area contributed by atoms with Gasteiger partial charge in [0.1, 0.15) is 0 Å². The third-order valence-electron chi connectivity index (χ3n) is 4.94. The largest absolute Gasteiger partial charge is 0.481 e. The van der Waals surface area contributed by atoms with Crippen LogP contribution in [0.4, 0.5) is 0 Å². The zero-order valence-electron chi connectivity index (χ0n) is 10.3. The molecule has 0 amide bonds. The summed E-state index contributed by atoms with van der Waals surface area (Å²) in [4.78, 5) is 11.6. The van der Waals surface area contributed by atoms with Crippen LogP contribution in [-0.2, 0) is 4.79 Å². The van der Waals surface area contributed by atoms with Gasteiger partial charge >= 0.3 is 5.97 Å². The van der Waals surface area contributed by atoms with Crippen LogP contribution >= 0.6 is 0 Å². The summed E-state index contributed by atoms with van der Waals surface area (Å²) in [5.41, 5.74) is -1.55. The molecule has 0 saturated heterocycles. The van der Waals surface area contributed by atoms with Crippen molar-refractivity contribution in [3.05, 3.63) is 0 Å². The molecule has 0 aromatic heterocycles. The van der Waals surface area contributed by atoms with Crippen molar-refractivity contribution >= 4 is 5.97 Å². The molecule has 0 heterocycles. The van der Waals surface area contributed by atoms with E-state index in [9.17, 15) is 15.0 Å². The van der Waals surface area contributed by atoms with Crippen molar-refractivity contribution in [1.29, 1.82) is 0 Å². The first kappa shape index (κ1) is 11.9. The summed E-state index contributed by atoms with van der Waals surface area (Å²) in [6.07, 6.45) is 5.37. The summed E-state index contributed by atoms with van der Waals surface area (Å²) in [6, 6.07) is 0. The van der Waals surface area contributed by atoms with Crippen molar-refractivity contribution < 1.29 is 15.0 Å². The maximum absolute atomic E-state index is 11.6. The molecule has 2 aliphatic carbocycles. The van der Waals surface area contributed by atoms with E-state index >= 15 is 0 Å². The number of hydrogen-bond donors (Lipinski definition) is 2. The van der Waals surface area contributed by atoms with Gasteiger partial charge in [-0.05, 0) is 50.4 Å². The second-order valence-corrected chi connectivity index (χ2v) is 6.44. The summed E-state index contributed by atoms with van der Waals surface area (Å²) in [7, 11) is 0. The lowest BCUT2D eigenvalue weighted by atomic mass is 9.53. The first-order valence-corrected chi connectivity index (χ1v) is 6.27. The smallest absolute Gasteiger partial charge is 0.312 e. The Morgan fingerprint density at radius 2 is 1.50 bits per heavy atom. The summed E-state index contributed by atoms with van der Waals surface area (Å²) < 4.78 is 0. The Hall–Kier alpha value is -0.570. The Labute approximate surface area is 96.9 Å². The lowest BCUT2D eigenvalue weighted by Gasteiger charge is -2.54. The molecule has 16 heavy (non-hydrogen) atoms. The fourth-order valence-electron chi connectivity index (χ4n) is 3.22. The lowest BCUT2D eigenvalue weighted by Crippen LogP contribution is -2.59. The maximum Gasteiger partial charge on any atom is 0.312 e. The van der Waals surface area contributed by atoms with Crippen LogP contribution in [0.15, 0.2) is 0 Å². The van der Waals surface area contributed by atoms with Crippen LogP contribution in [0.3, 0.4) is 0 Å². The summed E-state index contributed by atoms with van der Waals surface area (Å²) in [5.74, 6) is -0.787. The highest BCUT2D eigenvalue weighted by molar-refractivity contribution is 5.76. The number of carboxylic acids is 1. The average Bonchev–Trinajstić information content (AvgIpc) is 2.14. The van der Waals surface area contributed by atoms with Crippen LogP contribution < -0.4 is 0 Å². The molecule has 2 rings (SSSR count). The molecule has 0 aliphatic heterocycles. The van der Waals surface area contributed by atoms with E-state index in [0.717, 1.165) is 19.3 Å². The molecule has 2 aliphatic rings. The Morgan fingerprint density at radius 3 is 1.81 bits per heavy atom. The number of carbonyl (C=O) groups is 1. The lowest BCUT2D eigenvalue weighted by molar-refractivity contribution is -0.195. The molecule has 0 bridgehead atoms. The molecule has 3 nitrogen and oxygen atoms in total. The summed E-state index contributed by atoms with van der Waals surface area (Å²) >= 11 is 0. The zero-order valence-corrected chi connectivity index (χ0v) is 10.3. The summed E-state index contributed by atoms with van der Waals surface area (Å²) in [5, 5.41) is 19.9. The molecule has 0 aromatic rings. The predicted octanol–water partition coefficient (Wildman–Crippen LogP) is 2.57. The van der Waals surface area contributed by atoms with E-state index in [1.165, 1.54) is 0 Å². The molecule has 2 N–H and O–H groups in total. The van der Waals surface area contributed by atoms with E-state index in [1.807, 2.05) is 0 Å². The molecule has 0 atom stereocenters. The Kier molecular flexibility index (Phi) is 2.57. The Balaban J connectivity index is 2.22. The van der Waals surface area contributed by atoms with Gasteiger partial charge in [0, 0.05) is 0 Å². The standard InChI is InChI=1S/C13H22O3/c1-11(2)6-8-12(9-7-11,10(14)15)13(16)4-3-5-13/h16H,3-9H2,1-2H3,(H,14,15). The maximum atomic E-state index is 11.6. The Bertz CT molecular complexity index is 292. The van der Waals surface area contributed by atoms with Gasteiger partial charge in [0.05, 0.1) is 11.0 Å².